The van der Waals surface area contributed by atoms with Crippen molar-refractivity contribution in [3.8, 4) is 11.1 Å². The third-order valence-corrected chi connectivity index (χ3v) is 7.59. The third kappa shape index (κ3) is 4.15. The molecular weight excluding hydrogens is 426 g/mol. The van der Waals surface area contributed by atoms with Gasteiger partial charge in [0, 0.05) is 36.1 Å². The summed E-state index contributed by atoms with van der Waals surface area (Å²) in [7, 11) is -3.68. The van der Waals surface area contributed by atoms with E-state index in [1.54, 1.807) is 41.7 Å². The van der Waals surface area contributed by atoms with Crippen LogP contribution in [0.25, 0.3) is 16.8 Å². The molecule has 1 aromatic carbocycles. The fourth-order valence-electron chi connectivity index (χ4n) is 4.37. The highest BCUT2D eigenvalue weighted by Gasteiger charge is 2.28. The second-order valence-electron chi connectivity index (χ2n) is 8.24. The maximum Gasteiger partial charge on any atom is 0.240 e. The molecule has 0 amide bonds. The van der Waals surface area contributed by atoms with Gasteiger partial charge in [-0.3, -0.25) is 0 Å². The lowest BCUT2D eigenvalue weighted by atomic mass is 9.91. The van der Waals surface area contributed by atoms with Crippen molar-refractivity contribution in [1.82, 2.24) is 34.1 Å². The number of nitrogens with zero attached hydrogens (tertiary/aromatic N) is 6. The van der Waals surface area contributed by atoms with Gasteiger partial charge in [-0.05, 0) is 55.4 Å². The highest BCUT2D eigenvalue weighted by atomic mass is 32.2. The van der Waals surface area contributed by atoms with E-state index in [4.69, 9.17) is 0 Å². The minimum absolute atomic E-state index is 0.128. The molecule has 32 heavy (non-hydrogen) atoms. The van der Waals surface area contributed by atoms with Gasteiger partial charge in [0.05, 0.1) is 11.1 Å². The van der Waals surface area contributed by atoms with Crippen molar-refractivity contribution in [1.29, 1.82) is 0 Å². The number of fused-ring (bicyclic) bond motifs is 1. The highest BCUT2D eigenvalue weighted by Crippen LogP contribution is 2.30. The van der Waals surface area contributed by atoms with Crippen LogP contribution in [0.3, 0.4) is 0 Å². The number of hydrogen-bond acceptors (Lipinski definition) is 6. The van der Waals surface area contributed by atoms with Crippen molar-refractivity contribution >= 4 is 15.7 Å². The number of nitrogens with one attached hydrogen (secondary N) is 1. The Morgan fingerprint density at radius 1 is 1.12 bits per heavy atom. The SMILES string of the molecule is CCc1cc(-c2cnc3ccnn3c2)cc(S(=O)(=O)NC2CCCC(n3cnnc3)C2)c1. The Morgan fingerprint density at radius 2 is 1.97 bits per heavy atom. The monoisotopic (exact) mass is 451 g/mol. The molecule has 0 bridgehead atoms. The molecule has 4 aromatic rings. The Morgan fingerprint density at radius 3 is 2.78 bits per heavy atom. The summed E-state index contributed by atoms with van der Waals surface area (Å²) in [6, 6.07) is 7.38. The maximum atomic E-state index is 13.3. The Balaban J connectivity index is 1.43. The predicted octanol–water partition coefficient (Wildman–Crippen LogP) is 3.01. The molecule has 1 saturated carbocycles. The van der Waals surface area contributed by atoms with Gasteiger partial charge in [-0.25, -0.2) is 22.6 Å². The van der Waals surface area contributed by atoms with E-state index in [2.05, 4.69) is 25.0 Å². The van der Waals surface area contributed by atoms with Crippen molar-refractivity contribution in [3.05, 3.63) is 61.1 Å². The van der Waals surface area contributed by atoms with E-state index >= 15 is 0 Å². The zero-order valence-electron chi connectivity index (χ0n) is 17.8. The molecule has 3 aromatic heterocycles. The Bertz CT molecular complexity index is 1330. The molecule has 0 radical (unpaired) electrons. The Hall–Kier alpha value is -3.11. The molecule has 0 saturated heterocycles. The van der Waals surface area contributed by atoms with Crippen molar-refractivity contribution in [2.75, 3.05) is 0 Å². The van der Waals surface area contributed by atoms with E-state index in [0.717, 1.165) is 54.4 Å². The molecule has 0 spiro atoms. The lowest BCUT2D eigenvalue weighted by Gasteiger charge is -2.30. The van der Waals surface area contributed by atoms with Gasteiger partial charge >= 0.3 is 0 Å². The quantitative estimate of drug-likeness (QED) is 0.483. The number of aromatic nitrogens is 6. The first-order valence-electron chi connectivity index (χ1n) is 10.8. The van der Waals surface area contributed by atoms with Gasteiger partial charge in [-0.15, -0.1) is 10.2 Å². The molecule has 10 heteroatoms. The molecule has 3 heterocycles. The van der Waals surface area contributed by atoms with Gasteiger partial charge < -0.3 is 4.57 Å². The summed E-state index contributed by atoms with van der Waals surface area (Å²) >= 11 is 0. The van der Waals surface area contributed by atoms with Crippen molar-refractivity contribution in [2.24, 2.45) is 0 Å². The molecule has 1 aliphatic rings. The van der Waals surface area contributed by atoms with Crippen LogP contribution < -0.4 is 4.72 Å². The van der Waals surface area contributed by atoms with Crippen molar-refractivity contribution in [2.45, 2.75) is 56.0 Å². The van der Waals surface area contributed by atoms with Gasteiger partial charge in [-0.1, -0.05) is 13.0 Å². The van der Waals surface area contributed by atoms with Crippen LogP contribution >= 0.6 is 0 Å². The molecule has 1 fully saturated rings. The summed E-state index contributed by atoms with van der Waals surface area (Å²) in [4.78, 5) is 4.69. The van der Waals surface area contributed by atoms with E-state index in [1.807, 2.05) is 29.8 Å². The van der Waals surface area contributed by atoms with E-state index in [1.165, 1.54) is 0 Å². The van der Waals surface area contributed by atoms with Crippen LogP contribution in [0.4, 0.5) is 0 Å². The van der Waals surface area contributed by atoms with Crippen LogP contribution in [0, 0.1) is 0 Å². The number of sulfonamides is 1. The second-order valence-corrected chi connectivity index (χ2v) is 9.96. The second kappa shape index (κ2) is 8.44. The van der Waals surface area contributed by atoms with Crippen molar-refractivity contribution in [3.63, 3.8) is 0 Å². The fourth-order valence-corrected chi connectivity index (χ4v) is 5.75. The third-order valence-electron chi connectivity index (χ3n) is 6.09. The summed E-state index contributed by atoms with van der Waals surface area (Å²) in [5, 5.41) is 12.0. The number of benzene rings is 1. The molecule has 5 rings (SSSR count). The van der Waals surface area contributed by atoms with Crippen LogP contribution in [0.1, 0.15) is 44.2 Å². The molecule has 2 atom stereocenters. The molecule has 1 N–H and O–H groups in total. The first kappa shape index (κ1) is 20.8. The number of rotatable bonds is 6. The predicted molar refractivity (Wildman–Crippen MR) is 119 cm³/mol. The van der Waals surface area contributed by atoms with E-state index in [-0.39, 0.29) is 17.0 Å². The number of hydrogen-bond donors (Lipinski definition) is 1. The van der Waals surface area contributed by atoms with Crippen LogP contribution in [0.2, 0.25) is 0 Å². The van der Waals surface area contributed by atoms with Crippen LogP contribution in [-0.2, 0) is 16.4 Å². The highest BCUT2D eigenvalue weighted by molar-refractivity contribution is 7.89. The minimum atomic E-state index is -3.68. The zero-order valence-corrected chi connectivity index (χ0v) is 18.6. The average molecular weight is 452 g/mol. The first-order valence-corrected chi connectivity index (χ1v) is 12.3. The molecule has 0 aliphatic heterocycles. The molecule has 166 valence electrons. The smallest absolute Gasteiger partial charge is 0.240 e. The summed E-state index contributed by atoms with van der Waals surface area (Å²) in [5.41, 5.74) is 3.32. The van der Waals surface area contributed by atoms with E-state index in [0.29, 0.717) is 0 Å². The molecule has 2 unspecified atom stereocenters. The number of aryl methyl sites for hydroxylation is 1. The van der Waals surface area contributed by atoms with E-state index in [9.17, 15) is 8.42 Å². The van der Waals surface area contributed by atoms with Gasteiger partial charge in [0.1, 0.15) is 12.7 Å². The largest absolute Gasteiger partial charge is 0.317 e. The normalized spacial score (nSPS) is 19.4. The standard InChI is InChI=1S/C22H25N7O2S/c1-2-16-8-17(18-12-23-22-6-7-26-29(22)13-18)10-21(9-16)32(30,31)27-19-4-3-5-20(11-19)28-14-24-25-15-28/h6-10,12-15,19-20,27H,2-5,11H2,1H3. The lowest BCUT2D eigenvalue weighted by Crippen LogP contribution is -2.38. The summed E-state index contributed by atoms with van der Waals surface area (Å²) in [6.07, 6.45) is 12.9. The topological polar surface area (TPSA) is 107 Å². The van der Waals surface area contributed by atoms with Crippen LogP contribution in [0.15, 0.2) is 60.4 Å². The van der Waals surface area contributed by atoms with Crippen molar-refractivity contribution < 1.29 is 8.42 Å². The Labute approximate surface area is 186 Å². The Kier molecular flexibility index (Phi) is 5.48. The molecular formula is C22H25N7O2S. The summed E-state index contributed by atoms with van der Waals surface area (Å²) in [5.74, 6) is 0. The van der Waals surface area contributed by atoms with E-state index < -0.39 is 10.0 Å². The lowest BCUT2D eigenvalue weighted by molar-refractivity contribution is 0.305. The van der Waals surface area contributed by atoms with Crippen LogP contribution in [0.5, 0.6) is 0 Å². The maximum absolute atomic E-state index is 13.3. The summed E-state index contributed by atoms with van der Waals surface area (Å²) < 4.78 is 33.3. The van der Waals surface area contributed by atoms with Gasteiger partial charge in [0.2, 0.25) is 10.0 Å². The van der Waals surface area contributed by atoms with Gasteiger partial charge in [0.25, 0.3) is 0 Å². The fraction of sp³-hybridized carbons (Fsp3) is 0.364. The van der Waals surface area contributed by atoms with Gasteiger partial charge in [0.15, 0.2) is 5.65 Å². The van der Waals surface area contributed by atoms with Gasteiger partial charge in [-0.2, -0.15) is 5.10 Å². The summed E-state index contributed by atoms with van der Waals surface area (Å²) in [6.45, 7) is 2.02. The molecule has 9 nitrogen and oxygen atoms in total. The minimum Gasteiger partial charge on any atom is -0.317 e. The molecule has 1 aliphatic carbocycles. The first-order chi connectivity index (χ1) is 15.5. The zero-order chi connectivity index (χ0) is 22.1. The van der Waals surface area contributed by atoms with Crippen LogP contribution in [-0.4, -0.2) is 43.8 Å². The average Bonchev–Trinajstić information content (AvgIpc) is 3.50.